The van der Waals surface area contributed by atoms with Gasteiger partial charge in [0.15, 0.2) is 11.6 Å². The Morgan fingerprint density at radius 2 is 2.10 bits per heavy atom. The molecule has 13 heteroatoms. The topological polar surface area (TPSA) is 145 Å². The summed E-state index contributed by atoms with van der Waals surface area (Å²) < 4.78 is 20.4. The van der Waals surface area contributed by atoms with E-state index in [2.05, 4.69) is 44.6 Å². The molecule has 40 heavy (non-hydrogen) atoms. The molecule has 2 fully saturated rings. The number of nitrogens with one attached hydrogen (secondary N) is 4. The van der Waals surface area contributed by atoms with E-state index in [0.717, 1.165) is 23.7 Å². The zero-order chi connectivity index (χ0) is 28.3. The molecule has 2 saturated heterocycles. The van der Waals surface area contributed by atoms with Crippen molar-refractivity contribution in [1.82, 2.24) is 35.9 Å². The number of methoxy groups -OCH3 is 1. The molecule has 0 saturated carbocycles. The molecule has 12 nitrogen and oxygen atoms in total. The first-order valence-electron chi connectivity index (χ1n) is 13.2. The maximum Gasteiger partial charge on any atom is 0.252 e. The first-order chi connectivity index (χ1) is 19.3. The number of rotatable bonds is 8. The number of carbonyl (C=O) groups excluding carboxylic acids is 1. The average Bonchev–Trinajstić information content (AvgIpc) is 3.59. The molecule has 5 heterocycles. The van der Waals surface area contributed by atoms with Crippen LogP contribution in [0.5, 0.6) is 0 Å². The van der Waals surface area contributed by atoms with E-state index in [9.17, 15) is 14.4 Å². The van der Waals surface area contributed by atoms with Gasteiger partial charge in [-0.15, -0.1) is 0 Å². The van der Waals surface area contributed by atoms with Crippen LogP contribution in [0.2, 0.25) is 0 Å². The molecule has 0 spiro atoms. The summed E-state index contributed by atoms with van der Waals surface area (Å²) >= 11 is 0. The van der Waals surface area contributed by atoms with Crippen molar-refractivity contribution < 1.29 is 13.9 Å². The molecule has 210 valence electrons. The standard InChI is InChI=1S/C27H33FN10O2/c1-17-10-22(33-23-11-18(2)35-36-23)34-25(21(17)12-29)37-8-6-27(40-3,7-9-37)26(39)31-14-19-4-5-24(30-13-19)38-16-20(28)15-32-38/h4-5,10,13,15-16,18,23,35-36H,6-9,11,14H2,1-3H3,(H,31,39)(H,33,34). The van der Waals surface area contributed by atoms with Crippen molar-refractivity contribution in [2.24, 2.45) is 0 Å². The zero-order valence-electron chi connectivity index (χ0n) is 22.7. The van der Waals surface area contributed by atoms with Crippen molar-refractivity contribution in [2.45, 2.75) is 57.5 Å². The number of nitriles is 1. The van der Waals surface area contributed by atoms with Crippen LogP contribution in [0.3, 0.4) is 0 Å². The van der Waals surface area contributed by atoms with Gasteiger partial charge >= 0.3 is 0 Å². The summed E-state index contributed by atoms with van der Waals surface area (Å²) in [6.07, 6.45) is 5.78. The summed E-state index contributed by atoms with van der Waals surface area (Å²) in [5.41, 5.74) is 7.55. The molecule has 0 aliphatic carbocycles. The number of ether oxygens (including phenoxy) is 1. The van der Waals surface area contributed by atoms with Crippen LogP contribution in [-0.4, -0.2) is 63.7 Å². The second-order valence-corrected chi connectivity index (χ2v) is 10.3. The van der Waals surface area contributed by atoms with Gasteiger partial charge in [0, 0.05) is 51.8 Å². The highest BCUT2D eigenvalue weighted by Gasteiger charge is 2.42. The van der Waals surface area contributed by atoms with E-state index in [-0.39, 0.29) is 18.6 Å². The van der Waals surface area contributed by atoms with Crippen molar-refractivity contribution in [3.8, 4) is 11.9 Å². The van der Waals surface area contributed by atoms with Crippen molar-refractivity contribution in [3.05, 3.63) is 59.3 Å². The molecular formula is C27H33FN10O2. The Bertz CT molecular complexity index is 1400. The smallest absolute Gasteiger partial charge is 0.252 e. The highest BCUT2D eigenvalue weighted by molar-refractivity contribution is 5.85. The molecule has 2 unspecified atom stereocenters. The maximum atomic E-state index is 13.3. The SMILES string of the molecule is COC1(C(=O)NCc2ccc(-n3cc(F)cn3)nc2)CCN(c2nc(NC3CC(C)NN3)cc(C)c2C#N)CC1. The summed E-state index contributed by atoms with van der Waals surface area (Å²) in [6.45, 7) is 5.28. The lowest BCUT2D eigenvalue weighted by molar-refractivity contribution is -0.146. The van der Waals surface area contributed by atoms with E-state index in [1.54, 1.807) is 25.4 Å². The Kier molecular flexibility index (Phi) is 7.92. The minimum atomic E-state index is -0.996. The predicted molar refractivity (Wildman–Crippen MR) is 146 cm³/mol. The number of anilines is 2. The van der Waals surface area contributed by atoms with Crippen LogP contribution in [-0.2, 0) is 16.1 Å². The van der Waals surface area contributed by atoms with Crippen LogP contribution in [0, 0.1) is 24.1 Å². The van der Waals surface area contributed by atoms with Crippen molar-refractivity contribution in [3.63, 3.8) is 0 Å². The van der Waals surface area contributed by atoms with Crippen LogP contribution in [0.1, 0.15) is 42.9 Å². The molecule has 2 aliphatic rings. The number of amides is 1. The van der Waals surface area contributed by atoms with E-state index in [4.69, 9.17) is 9.72 Å². The number of aryl methyl sites for hydroxylation is 1. The second kappa shape index (κ2) is 11.5. The molecule has 0 radical (unpaired) electrons. The first-order valence-corrected chi connectivity index (χ1v) is 13.2. The highest BCUT2D eigenvalue weighted by Crippen LogP contribution is 2.32. The fourth-order valence-corrected chi connectivity index (χ4v) is 5.11. The van der Waals surface area contributed by atoms with Crippen LogP contribution in [0.4, 0.5) is 16.0 Å². The van der Waals surface area contributed by atoms with Crippen LogP contribution < -0.4 is 26.4 Å². The Hall–Kier alpha value is -4.12. The van der Waals surface area contributed by atoms with Gasteiger partial charge in [-0.05, 0) is 43.5 Å². The minimum absolute atomic E-state index is 0.0360. The number of carbonyl (C=O) groups is 1. The summed E-state index contributed by atoms with van der Waals surface area (Å²) in [4.78, 5) is 24.4. The lowest BCUT2D eigenvalue weighted by Crippen LogP contribution is -2.55. The van der Waals surface area contributed by atoms with E-state index in [0.29, 0.717) is 55.0 Å². The molecule has 2 aliphatic heterocycles. The van der Waals surface area contributed by atoms with Gasteiger partial charge < -0.3 is 20.3 Å². The largest absolute Gasteiger partial charge is 0.368 e. The van der Waals surface area contributed by atoms with Crippen molar-refractivity contribution >= 4 is 17.5 Å². The molecule has 3 aromatic heterocycles. The summed E-state index contributed by atoms with van der Waals surface area (Å²) in [5, 5.41) is 20.1. The number of hydrogen-bond donors (Lipinski definition) is 4. The number of pyridine rings is 2. The quantitative estimate of drug-likeness (QED) is 0.329. The number of hydrazine groups is 1. The van der Waals surface area contributed by atoms with Gasteiger partial charge in [0.25, 0.3) is 5.91 Å². The average molecular weight is 549 g/mol. The number of piperidine rings is 1. The van der Waals surface area contributed by atoms with Gasteiger partial charge in [-0.1, -0.05) is 6.07 Å². The van der Waals surface area contributed by atoms with Gasteiger partial charge in [0.1, 0.15) is 23.3 Å². The van der Waals surface area contributed by atoms with Crippen molar-refractivity contribution in [2.75, 3.05) is 30.4 Å². The fraction of sp³-hybridized carbons (Fsp3) is 0.444. The lowest BCUT2D eigenvalue weighted by atomic mass is 9.89. The monoisotopic (exact) mass is 548 g/mol. The Morgan fingerprint density at radius 3 is 2.70 bits per heavy atom. The second-order valence-electron chi connectivity index (χ2n) is 10.3. The normalized spacial score (nSPS) is 20.2. The van der Waals surface area contributed by atoms with E-state index in [1.165, 1.54) is 10.9 Å². The number of halogens is 1. The first kappa shape index (κ1) is 27.4. The summed E-state index contributed by atoms with van der Waals surface area (Å²) in [6, 6.07) is 8.05. The van der Waals surface area contributed by atoms with Gasteiger partial charge in [0.2, 0.25) is 0 Å². The van der Waals surface area contributed by atoms with Crippen LogP contribution >= 0.6 is 0 Å². The van der Waals surface area contributed by atoms with Crippen LogP contribution in [0.15, 0.2) is 36.8 Å². The van der Waals surface area contributed by atoms with E-state index >= 15 is 0 Å². The fourth-order valence-electron chi connectivity index (χ4n) is 5.11. The van der Waals surface area contributed by atoms with Crippen LogP contribution in [0.25, 0.3) is 5.82 Å². The Labute approximate surface area is 231 Å². The number of nitrogens with zero attached hydrogens (tertiary/aromatic N) is 6. The molecule has 1 amide bonds. The van der Waals surface area contributed by atoms with E-state index < -0.39 is 11.4 Å². The number of hydrogen-bond acceptors (Lipinski definition) is 10. The van der Waals surface area contributed by atoms with Gasteiger partial charge in [-0.25, -0.2) is 24.5 Å². The third-order valence-electron chi connectivity index (χ3n) is 7.45. The summed E-state index contributed by atoms with van der Waals surface area (Å²) in [5.74, 6) is 1.13. The molecule has 4 N–H and O–H groups in total. The molecule has 5 rings (SSSR count). The third kappa shape index (κ3) is 5.74. The van der Waals surface area contributed by atoms with Gasteiger partial charge in [-0.2, -0.15) is 10.4 Å². The molecular weight excluding hydrogens is 515 g/mol. The Morgan fingerprint density at radius 1 is 1.30 bits per heavy atom. The summed E-state index contributed by atoms with van der Waals surface area (Å²) in [7, 11) is 1.55. The van der Waals surface area contributed by atoms with Gasteiger partial charge in [0.05, 0.1) is 24.1 Å². The predicted octanol–water partition coefficient (Wildman–Crippen LogP) is 1.91. The molecule has 0 aromatic carbocycles. The van der Waals surface area contributed by atoms with Gasteiger partial charge in [-0.3, -0.25) is 10.2 Å². The lowest BCUT2D eigenvalue weighted by Gasteiger charge is -2.40. The molecule has 3 aromatic rings. The third-order valence-corrected chi connectivity index (χ3v) is 7.45. The minimum Gasteiger partial charge on any atom is -0.368 e. The maximum absolute atomic E-state index is 13.3. The zero-order valence-corrected chi connectivity index (χ0v) is 22.7. The van der Waals surface area contributed by atoms with E-state index in [1.807, 2.05) is 17.9 Å². The molecule has 2 atom stereocenters. The van der Waals surface area contributed by atoms with Crippen molar-refractivity contribution in [1.29, 1.82) is 5.26 Å². The molecule has 0 bridgehead atoms. The number of aromatic nitrogens is 4. The Balaban J connectivity index is 1.22. The highest BCUT2D eigenvalue weighted by atomic mass is 19.1.